The van der Waals surface area contributed by atoms with E-state index in [0.717, 1.165) is 25.0 Å². The molecule has 10 nitrogen and oxygen atoms in total. The molecule has 3 aromatic heterocycles. The van der Waals surface area contributed by atoms with Gasteiger partial charge in [0.25, 0.3) is 5.62 Å². The molecule has 0 amide bonds. The van der Waals surface area contributed by atoms with Crippen LogP contribution in [0.1, 0.15) is 29.7 Å². The SMILES string of the molecule is O=c1[nH]c(O)c(C=c2cnn3c(=NC4CC4)nc(NCc4cc(F)ccc4-c4cccc(C(F)(F)F)c4)nc23)[nH]1. The van der Waals surface area contributed by atoms with Gasteiger partial charge in [-0.3, -0.25) is 4.98 Å². The summed E-state index contributed by atoms with van der Waals surface area (Å²) in [6.07, 6.45) is 0.227. The smallest absolute Gasteiger partial charge is 0.416 e. The lowest BCUT2D eigenvalue weighted by Gasteiger charge is -2.13. The van der Waals surface area contributed by atoms with Crippen molar-refractivity contribution in [2.75, 3.05) is 5.32 Å². The van der Waals surface area contributed by atoms with Gasteiger partial charge in [-0.2, -0.15) is 32.8 Å². The van der Waals surface area contributed by atoms with E-state index >= 15 is 0 Å². The maximum atomic E-state index is 14.2. The lowest BCUT2D eigenvalue weighted by atomic mass is 9.97. The van der Waals surface area contributed by atoms with Crippen molar-refractivity contribution in [3.8, 4) is 17.0 Å². The van der Waals surface area contributed by atoms with Gasteiger partial charge in [-0.25, -0.2) is 14.2 Å². The number of alkyl halides is 3. The van der Waals surface area contributed by atoms with Crippen LogP contribution >= 0.6 is 0 Å². The molecule has 6 rings (SSSR count). The Hall–Kier alpha value is -5.01. The average molecular weight is 552 g/mol. The number of aromatic hydroxyl groups is 1. The average Bonchev–Trinajstić information content (AvgIpc) is 3.55. The topological polar surface area (TPSA) is 136 Å². The number of nitrogens with one attached hydrogen (secondary N) is 3. The first-order valence-electron chi connectivity index (χ1n) is 12.2. The highest BCUT2D eigenvalue weighted by atomic mass is 19.4. The summed E-state index contributed by atoms with van der Waals surface area (Å²) in [6.45, 7) is -0.0124. The largest absolute Gasteiger partial charge is 0.493 e. The molecule has 1 aliphatic carbocycles. The van der Waals surface area contributed by atoms with Crippen molar-refractivity contribution in [3.05, 3.63) is 92.6 Å². The van der Waals surface area contributed by atoms with Gasteiger partial charge in [0.2, 0.25) is 11.8 Å². The highest BCUT2D eigenvalue weighted by Crippen LogP contribution is 2.33. The van der Waals surface area contributed by atoms with E-state index in [1.807, 2.05) is 0 Å². The van der Waals surface area contributed by atoms with Gasteiger partial charge >= 0.3 is 11.9 Å². The van der Waals surface area contributed by atoms with Gasteiger partial charge in [0.15, 0.2) is 5.65 Å². The zero-order valence-corrected chi connectivity index (χ0v) is 20.5. The quantitative estimate of drug-likeness (QED) is 0.239. The number of imidazole rings is 1. The normalized spacial score (nSPS) is 14.8. The molecule has 0 saturated heterocycles. The van der Waals surface area contributed by atoms with E-state index in [4.69, 9.17) is 0 Å². The van der Waals surface area contributed by atoms with Crippen LogP contribution < -0.4 is 21.8 Å². The molecular weight excluding hydrogens is 532 g/mol. The third-order valence-electron chi connectivity index (χ3n) is 6.26. The second-order valence-electron chi connectivity index (χ2n) is 9.26. The highest BCUT2D eigenvalue weighted by Gasteiger charge is 2.30. The van der Waals surface area contributed by atoms with E-state index in [9.17, 15) is 27.5 Å². The number of aromatic nitrogens is 6. The van der Waals surface area contributed by atoms with E-state index in [1.165, 1.54) is 47.1 Å². The first-order chi connectivity index (χ1) is 19.1. The molecule has 14 heteroatoms. The second kappa shape index (κ2) is 9.63. The molecule has 0 bridgehead atoms. The second-order valence-corrected chi connectivity index (χ2v) is 9.26. The predicted octanol–water partition coefficient (Wildman–Crippen LogP) is 2.89. The molecule has 2 aromatic carbocycles. The first kappa shape index (κ1) is 25.3. The predicted molar refractivity (Wildman–Crippen MR) is 135 cm³/mol. The molecule has 0 atom stereocenters. The summed E-state index contributed by atoms with van der Waals surface area (Å²) in [5, 5.41) is 17.7. The minimum absolute atomic E-state index is 0.0124. The molecule has 40 heavy (non-hydrogen) atoms. The van der Waals surface area contributed by atoms with Crippen molar-refractivity contribution >= 4 is 17.7 Å². The number of nitrogens with zero attached hydrogens (tertiary/aromatic N) is 5. The molecule has 0 spiro atoms. The summed E-state index contributed by atoms with van der Waals surface area (Å²) in [4.78, 5) is 29.8. The summed E-state index contributed by atoms with van der Waals surface area (Å²) >= 11 is 0. The van der Waals surface area contributed by atoms with E-state index in [0.29, 0.717) is 22.0 Å². The Morgan fingerprint density at radius 1 is 1.15 bits per heavy atom. The molecule has 3 heterocycles. The standard InChI is InChI=1S/C26H20F4N8O2/c27-17-4-7-19(13-2-1-3-16(8-13)26(28,29)30)14(9-17)11-31-23-35-21-15(10-20-22(39)36-25(40)34-20)12-32-38(21)24(37-23)33-18-5-6-18/h1-4,7-10,12,18,39H,5-6,11H2,(H,31,33,37)(H2,34,36,40). The van der Waals surface area contributed by atoms with Crippen molar-refractivity contribution in [3.63, 3.8) is 0 Å². The van der Waals surface area contributed by atoms with Crippen LogP contribution in [0.2, 0.25) is 0 Å². The van der Waals surface area contributed by atoms with Gasteiger partial charge in [0, 0.05) is 11.8 Å². The Kier molecular flexibility index (Phi) is 6.08. The molecule has 0 unspecified atom stereocenters. The number of aromatic amines is 2. The van der Waals surface area contributed by atoms with Crippen molar-refractivity contribution in [1.82, 2.24) is 29.5 Å². The number of H-pyrrole nitrogens is 2. The van der Waals surface area contributed by atoms with Gasteiger partial charge in [0.1, 0.15) is 11.5 Å². The lowest BCUT2D eigenvalue weighted by molar-refractivity contribution is -0.137. The van der Waals surface area contributed by atoms with Crippen LogP contribution in [0.4, 0.5) is 23.5 Å². The van der Waals surface area contributed by atoms with Crippen molar-refractivity contribution in [2.24, 2.45) is 4.99 Å². The monoisotopic (exact) mass is 552 g/mol. The molecule has 1 fully saturated rings. The van der Waals surface area contributed by atoms with Crippen LogP contribution in [-0.2, 0) is 12.7 Å². The first-order valence-corrected chi connectivity index (χ1v) is 12.2. The Morgan fingerprint density at radius 3 is 2.70 bits per heavy atom. The fraction of sp³-hybridized carbons (Fsp3) is 0.192. The highest BCUT2D eigenvalue weighted by molar-refractivity contribution is 5.68. The molecule has 5 aromatic rings. The number of hydrogen-bond acceptors (Lipinski definition) is 7. The fourth-order valence-corrected chi connectivity index (χ4v) is 4.19. The number of anilines is 1. The van der Waals surface area contributed by atoms with E-state index in [-0.39, 0.29) is 41.3 Å². The summed E-state index contributed by atoms with van der Waals surface area (Å²) in [6, 6.07) is 8.74. The van der Waals surface area contributed by atoms with Gasteiger partial charge in [-0.15, -0.1) is 0 Å². The number of hydrogen-bond donors (Lipinski definition) is 4. The molecule has 0 aliphatic heterocycles. The third kappa shape index (κ3) is 5.15. The van der Waals surface area contributed by atoms with Gasteiger partial charge in [-0.1, -0.05) is 18.2 Å². The molecule has 1 aliphatic rings. The summed E-state index contributed by atoms with van der Waals surface area (Å²) in [5.74, 6) is -0.790. The van der Waals surface area contributed by atoms with Gasteiger partial charge < -0.3 is 15.4 Å². The number of benzene rings is 2. The lowest BCUT2D eigenvalue weighted by Crippen LogP contribution is -2.24. The summed E-state index contributed by atoms with van der Waals surface area (Å²) < 4.78 is 55.6. The Bertz CT molecular complexity index is 1920. The number of halogens is 4. The van der Waals surface area contributed by atoms with Crippen LogP contribution in [0, 0.1) is 5.82 Å². The molecule has 4 N–H and O–H groups in total. The molecule has 0 radical (unpaired) electrons. The zero-order valence-electron chi connectivity index (χ0n) is 20.5. The van der Waals surface area contributed by atoms with Crippen LogP contribution in [-0.4, -0.2) is 40.7 Å². The fourth-order valence-electron chi connectivity index (χ4n) is 4.19. The minimum Gasteiger partial charge on any atom is -0.493 e. The molecule has 1 saturated carbocycles. The van der Waals surface area contributed by atoms with Crippen molar-refractivity contribution in [1.29, 1.82) is 0 Å². The third-order valence-corrected chi connectivity index (χ3v) is 6.26. The van der Waals surface area contributed by atoms with Gasteiger partial charge in [-0.05, 0) is 59.9 Å². The van der Waals surface area contributed by atoms with E-state index in [1.54, 1.807) is 0 Å². The Morgan fingerprint density at radius 2 is 1.98 bits per heavy atom. The summed E-state index contributed by atoms with van der Waals surface area (Å²) in [5.41, 5.74) is 0.378. The Balaban J connectivity index is 1.40. The van der Waals surface area contributed by atoms with Gasteiger partial charge in [0.05, 0.1) is 17.8 Å². The minimum atomic E-state index is -4.52. The van der Waals surface area contributed by atoms with Crippen LogP contribution in [0.5, 0.6) is 5.88 Å². The van der Waals surface area contributed by atoms with Crippen LogP contribution in [0.3, 0.4) is 0 Å². The van der Waals surface area contributed by atoms with E-state index in [2.05, 4.69) is 35.3 Å². The molecule has 204 valence electrons. The number of rotatable bonds is 6. The van der Waals surface area contributed by atoms with Crippen LogP contribution in [0.15, 0.2) is 58.4 Å². The van der Waals surface area contributed by atoms with Crippen LogP contribution in [0.25, 0.3) is 22.9 Å². The summed E-state index contributed by atoms with van der Waals surface area (Å²) in [7, 11) is 0. The number of fused-ring (bicyclic) bond motifs is 1. The zero-order chi connectivity index (χ0) is 28.0. The van der Waals surface area contributed by atoms with Crippen molar-refractivity contribution in [2.45, 2.75) is 31.6 Å². The Labute approximate surface area is 221 Å². The van der Waals surface area contributed by atoms with Crippen molar-refractivity contribution < 1.29 is 22.7 Å². The maximum absolute atomic E-state index is 14.2. The maximum Gasteiger partial charge on any atom is 0.416 e. The molecular formula is C26H20F4N8O2. The van der Waals surface area contributed by atoms with E-state index < -0.39 is 23.2 Å².